The fourth-order valence-electron chi connectivity index (χ4n) is 2.49. The summed E-state index contributed by atoms with van der Waals surface area (Å²) < 4.78 is 2.08. The van der Waals surface area contributed by atoms with Crippen molar-refractivity contribution >= 4 is 5.97 Å². The number of rotatable bonds is 2. The van der Waals surface area contributed by atoms with Gasteiger partial charge in [0, 0.05) is 12.4 Å². The number of fused-ring (bicyclic) bond motifs is 1. The monoisotopic (exact) mass is 228 g/mol. The lowest BCUT2D eigenvalue weighted by atomic mass is 10.0. The van der Waals surface area contributed by atoms with Gasteiger partial charge >= 0.3 is 5.97 Å². The third-order valence-corrected chi connectivity index (χ3v) is 3.32. The molecule has 1 aliphatic rings. The average Bonchev–Trinajstić information content (AvgIpc) is 2.96. The summed E-state index contributed by atoms with van der Waals surface area (Å²) in [5.74, 6) is -0.862. The molecule has 0 saturated carbocycles. The van der Waals surface area contributed by atoms with Crippen molar-refractivity contribution in [2.24, 2.45) is 0 Å². The van der Waals surface area contributed by atoms with Crippen molar-refractivity contribution in [2.45, 2.75) is 18.9 Å². The van der Waals surface area contributed by atoms with Gasteiger partial charge in [0.2, 0.25) is 0 Å². The highest BCUT2D eigenvalue weighted by Crippen LogP contribution is 2.34. The van der Waals surface area contributed by atoms with E-state index in [1.54, 1.807) is 18.3 Å². The van der Waals surface area contributed by atoms with Gasteiger partial charge in [-0.15, -0.1) is 0 Å². The molecule has 86 valence electrons. The van der Waals surface area contributed by atoms with Crippen LogP contribution in [0.15, 0.2) is 36.9 Å². The first kappa shape index (κ1) is 10.1. The number of aryl methyl sites for hydroxylation is 1. The second-order valence-corrected chi connectivity index (χ2v) is 4.28. The fraction of sp³-hybridized carbons (Fsp3) is 0.231. The highest BCUT2D eigenvalue weighted by atomic mass is 16.4. The summed E-state index contributed by atoms with van der Waals surface area (Å²) in [6.07, 6.45) is 7.47. The van der Waals surface area contributed by atoms with Gasteiger partial charge in [0.1, 0.15) is 0 Å². The summed E-state index contributed by atoms with van der Waals surface area (Å²) in [5.41, 5.74) is 2.73. The molecule has 0 saturated heterocycles. The highest BCUT2D eigenvalue weighted by Gasteiger charge is 2.24. The standard InChI is InChI=1S/C13H12N2O2/c16-13(17)10-1-3-11-9(7-10)2-4-12(11)15-6-5-14-8-15/h1,3,5-8,12H,2,4H2,(H,16,17). The maximum absolute atomic E-state index is 10.9. The lowest BCUT2D eigenvalue weighted by Gasteiger charge is -2.13. The minimum Gasteiger partial charge on any atom is -0.478 e. The molecule has 0 bridgehead atoms. The molecule has 4 nitrogen and oxygen atoms in total. The van der Waals surface area contributed by atoms with Gasteiger partial charge in [-0.3, -0.25) is 0 Å². The van der Waals surface area contributed by atoms with Crippen LogP contribution in [0.3, 0.4) is 0 Å². The Morgan fingerprint density at radius 1 is 1.47 bits per heavy atom. The van der Waals surface area contributed by atoms with Crippen LogP contribution in [0.5, 0.6) is 0 Å². The number of aromatic carboxylic acids is 1. The number of imidazole rings is 1. The van der Waals surface area contributed by atoms with Gasteiger partial charge in [-0.1, -0.05) is 6.07 Å². The number of hydrogen-bond donors (Lipinski definition) is 1. The molecule has 0 fully saturated rings. The van der Waals surface area contributed by atoms with Gasteiger partial charge in [0.05, 0.1) is 17.9 Å². The van der Waals surface area contributed by atoms with Crippen molar-refractivity contribution in [1.29, 1.82) is 0 Å². The van der Waals surface area contributed by atoms with E-state index in [-0.39, 0.29) is 0 Å². The minimum absolute atomic E-state index is 0.301. The van der Waals surface area contributed by atoms with Crippen molar-refractivity contribution in [3.8, 4) is 0 Å². The number of nitrogens with zero attached hydrogens (tertiary/aromatic N) is 2. The molecule has 0 aliphatic heterocycles. The van der Waals surface area contributed by atoms with Crippen molar-refractivity contribution < 1.29 is 9.90 Å². The fourth-order valence-corrected chi connectivity index (χ4v) is 2.49. The summed E-state index contributed by atoms with van der Waals surface area (Å²) >= 11 is 0. The van der Waals surface area contributed by atoms with Gasteiger partial charge in [-0.25, -0.2) is 9.78 Å². The van der Waals surface area contributed by atoms with E-state index in [0.717, 1.165) is 18.4 Å². The molecular weight excluding hydrogens is 216 g/mol. The molecule has 1 aliphatic carbocycles. The first-order chi connectivity index (χ1) is 8.25. The van der Waals surface area contributed by atoms with Crippen molar-refractivity contribution in [3.63, 3.8) is 0 Å². The number of carboxylic acids is 1. The van der Waals surface area contributed by atoms with Crippen molar-refractivity contribution in [1.82, 2.24) is 9.55 Å². The van der Waals surface area contributed by atoms with Crippen LogP contribution < -0.4 is 0 Å². The molecule has 4 heteroatoms. The Balaban J connectivity index is 2.01. The number of carbonyl (C=O) groups is 1. The Morgan fingerprint density at radius 2 is 2.35 bits per heavy atom. The zero-order valence-electron chi connectivity index (χ0n) is 9.21. The van der Waals surface area contributed by atoms with Gasteiger partial charge < -0.3 is 9.67 Å². The number of hydrogen-bond acceptors (Lipinski definition) is 2. The molecule has 2 aromatic rings. The van der Waals surface area contributed by atoms with Crippen LogP contribution in [0.1, 0.15) is 33.9 Å². The minimum atomic E-state index is -0.862. The smallest absolute Gasteiger partial charge is 0.335 e. The average molecular weight is 228 g/mol. The number of aromatic nitrogens is 2. The Labute approximate surface area is 98.5 Å². The predicted octanol–water partition coefficient (Wildman–Crippen LogP) is 2.12. The first-order valence-electron chi connectivity index (χ1n) is 5.59. The summed E-state index contributed by atoms with van der Waals surface area (Å²) in [4.78, 5) is 15.0. The molecule has 0 radical (unpaired) electrons. The normalized spacial score (nSPS) is 18.0. The van der Waals surface area contributed by atoms with Crippen LogP contribution in [0, 0.1) is 0 Å². The molecule has 0 amide bonds. The number of carboxylic acid groups (broad SMARTS) is 1. The third-order valence-electron chi connectivity index (χ3n) is 3.32. The Kier molecular flexibility index (Phi) is 2.21. The lowest BCUT2D eigenvalue weighted by molar-refractivity contribution is 0.0697. The Hall–Kier alpha value is -2.10. The summed E-state index contributed by atoms with van der Waals surface area (Å²) in [6, 6.07) is 5.69. The van der Waals surface area contributed by atoms with E-state index < -0.39 is 5.97 Å². The van der Waals surface area contributed by atoms with Crippen molar-refractivity contribution in [3.05, 3.63) is 53.6 Å². The zero-order chi connectivity index (χ0) is 11.8. The second-order valence-electron chi connectivity index (χ2n) is 4.28. The molecule has 17 heavy (non-hydrogen) atoms. The lowest BCUT2D eigenvalue weighted by Crippen LogP contribution is -2.05. The molecule has 0 spiro atoms. The van der Waals surface area contributed by atoms with Gasteiger partial charge in [0.25, 0.3) is 0 Å². The summed E-state index contributed by atoms with van der Waals surface area (Å²) in [7, 11) is 0. The summed E-state index contributed by atoms with van der Waals surface area (Å²) in [5, 5.41) is 8.95. The molecule has 3 rings (SSSR count). The van der Waals surface area contributed by atoms with E-state index in [9.17, 15) is 4.79 Å². The largest absolute Gasteiger partial charge is 0.478 e. The van der Waals surface area contributed by atoms with Crippen LogP contribution >= 0.6 is 0 Å². The van der Waals surface area contributed by atoms with Gasteiger partial charge in [-0.05, 0) is 36.1 Å². The quantitative estimate of drug-likeness (QED) is 0.856. The maximum Gasteiger partial charge on any atom is 0.335 e. The third kappa shape index (κ3) is 1.62. The predicted molar refractivity (Wildman–Crippen MR) is 62.1 cm³/mol. The maximum atomic E-state index is 10.9. The van der Waals surface area contributed by atoms with E-state index >= 15 is 0 Å². The van der Waals surface area contributed by atoms with Crippen molar-refractivity contribution in [2.75, 3.05) is 0 Å². The van der Waals surface area contributed by atoms with Crippen LogP contribution in [-0.2, 0) is 6.42 Å². The van der Waals surface area contributed by atoms with E-state index in [1.165, 1.54) is 5.56 Å². The molecule has 1 N–H and O–H groups in total. The second kappa shape index (κ2) is 3.73. The molecule has 1 aromatic heterocycles. The highest BCUT2D eigenvalue weighted by molar-refractivity contribution is 5.88. The van der Waals surface area contributed by atoms with E-state index in [2.05, 4.69) is 9.55 Å². The molecule has 1 heterocycles. The number of benzene rings is 1. The SMILES string of the molecule is O=C(O)c1ccc2c(c1)CCC2n1ccnc1. The van der Waals surface area contributed by atoms with E-state index in [0.29, 0.717) is 11.6 Å². The molecule has 1 atom stereocenters. The molecular formula is C13H12N2O2. The van der Waals surface area contributed by atoms with Crippen LogP contribution in [0.25, 0.3) is 0 Å². The van der Waals surface area contributed by atoms with Gasteiger partial charge in [0.15, 0.2) is 0 Å². The van der Waals surface area contributed by atoms with Crippen LogP contribution in [0.4, 0.5) is 0 Å². The van der Waals surface area contributed by atoms with Gasteiger partial charge in [-0.2, -0.15) is 0 Å². The van der Waals surface area contributed by atoms with E-state index in [4.69, 9.17) is 5.11 Å². The Morgan fingerprint density at radius 3 is 3.06 bits per heavy atom. The summed E-state index contributed by atoms with van der Waals surface area (Å²) in [6.45, 7) is 0. The van der Waals surface area contributed by atoms with Crippen LogP contribution in [-0.4, -0.2) is 20.6 Å². The molecule has 1 unspecified atom stereocenters. The molecule has 1 aromatic carbocycles. The topological polar surface area (TPSA) is 55.1 Å². The zero-order valence-corrected chi connectivity index (χ0v) is 9.21. The first-order valence-corrected chi connectivity index (χ1v) is 5.59. The Bertz CT molecular complexity index is 561. The van der Waals surface area contributed by atoms with Crippen LogP contribution in [0.2, 0.25) is 0 Å². The van der Waals surface area contributed by atoms with E-state index in [1.807, 2.05) is 18.6 Å².